The van der Waals surface area contributed by atoms with Gasteiger partial charge in [0.2, 0.25) is 0 Å². The van der Waals surface area contributed by atoms with E-state index in [4.69, 9.17) is 0 Å². The lowest BCUT2D eigenvalue weighted by Gasteiger charge is -2.10. The highest BCUT2D eigenvalue weighted by molar-refractivity contribution is 4.58. The van der Waals surface area contributed by atoms with Crippen molar-refractivity contribution < 1.29 is 5.11 Å². The summed E-state index contributed by atoms with van der Waals surface area (Å²) in [6.07, 6.45) is 31.2. The molecule has 0 radical (unpaired) electrons. The molecule has 0 saturated heterocycles. The van der Waals surface area contributed by atoms with Crippen LogP contribution in [0.25, 0.3) is 0 Å². The normalized spacial score (nSPS) is 12.6. The van der Waals surface area contributed by atoms with Gasteiger partial charge in [-0.15, -0.1) is 0 Å². The predicted octanol–water partition coefficient (Wildman–Crippen LogP) is 9.36. The Hall–Kier alpha value is -0.0400. The van der Waals surface area contributed by atoms with E-state index in [1.54, 1.807) is 0 Å². The second-order valence-electron chi connectivity index (χ2n) is 8.95. The maximum atomic E-state index is 10.1. The van der Waals surface area contributed by atoms with Gasteiger partial charge in [0.1, 0.15) is 0 Å². The van der Waals surface area contributed by atoms with Crippen molar-refractivity contribution in [2.75, 3.05) is 0 Å². The molecule has 0 aliphatic heterocycles. The Morgan fingerprint density at radius 3 is 0.852 bits per heavy atom. The van der Waals surface area contributed by atoms with Crippen LogP contribution in [0.3, 0.4) is 0 Å². The third kappa shape index (κ3) is 23.9. The summed E-state index contributed by atoms with van der Waals surface area (Å²) in [5, 5.41) is 10.1. The van der Waals surface area contributed by atoms with Gasteiger partial charge in [-0.1, -0.05) is 149 Å². The van der Waals surface area contributed by atoms with Crippen molar-refractivity contribution in [2.45, 2.75) is 168 Å². The van der Waals surface area contributed by atoms with Gasteiger partial charge in [-0.3, -0.25) is 0 Å². The molecule has 1 heteroatoms. The second-order valence-corrected chi connectivity index (χ2v) is 8.95. The van der Waals surface area contributed by atoms with Crippen LogP contribution in [-0.2, 0) is 0 Å². The van der Waals surface area contributed by atoms with Crippen LogP contribution < -0.4 is 0 Å². The van der Waals surface area contributed by atoms with Gasteiger partial charge >= 0.3 is 0 Å². The van der Waals surface area contributed by atoms with Gasteiger partial charge in [0.05, 0.1) is 6.10 Å². The van der Waals surface area contributed by atoms with Gasteiger partial charge in [0.25, 0.3) is 0 Å². The lowest BCUT2D eigenvalue weighted by Crippen LogP contribution is -2.05. The summed E-state index contributed by atoms with van der Waals surface area (Å²) >= 11 is 0. The molecular weight excluding hydrogens is 328 g/mol. The third-order valence-corrected chi connectivity index (χ3v) is 6.03. The molecule has 0 aliphatic rings. The van der Waals surface area contributed by atoms with Crippen molar-refractivity contribution in [3.63, 3.8) is 0 Å². The van der Waals surface area contributed by atoms with Crippen LogP contribution in [0.5, 0.6) is 0 Å². The summed E-state index contributed by atoms with van der Waals surface area (Å²) in [6.45, 7) is 4.57. The summed E-state index contributed by atoms with van der Waals surface area (Å²) in [6, 6.07) is 0. The smallest absolute Gasteiger partial charge is 0.0540 e. The molecule has 164 valence electrons. The molecule has 0 saturated carbocycles. The molecule has 1 atom stereocenters. The SMILES string of the molecule is CCCCCCCCCCCCCC[C@@H](O)CCCCCCCCCCC. The molecule has 0 rings (SSSR count). The van der Waals surface area contributed by atoms with Crippen LogP contribution in [0.4, 0.5) is 0 Å². The summed E-state index contributed by atoms with van der Waals surface area (Å²) in [5.41, 5.74) is 0. The van der Waals surface area contributed by atoms with E-state index >= 15 is 0 Å². The molecule has 0 aromatic heterocycles. The molecule has 0 aliphatic carbocycles. The lowest BCUT2D eigenvalue weighted by atomic mass is 10.0. The van der Waals surface area contributed by atoms with E-state index < -0.39 is 0 Å². The zero-order valence-electron chi connectivity index (χ0n) is 19.3. The topological polar surface area (TPSA) is 20.2 Å². The molecule has 0 spiro atoms. The maximum Gasteiger partial charge on any atom is 0.0540 e. The number of rotatable bonds is 23. The summed E-state index contributed by atoms with van der Waals surface area (Å²) in [4.78, 5) is 0. The highest BCUT2D eigenvalue weighted by Gasteiger charge is 2.03. The first-order valence-corrected chi connectivity index (χ1v) is 13.0. The summed E-state index contributed by atoms with van der Waals surface area (Å²) < 4.78 is 0. The highest BCUT2D eigenvalue weighted by Crippen LogP contribution is 2.16. The van der Waals surface area contributed by atoms with Crippen LogP contribution in [0.2, 0.25) is 0 Å². The molecule has 1 N–H and O–H groups in total. The van der Waals surface area contributed by atoms with E-state index in [2.05, 4.69) is 13.8 Å². The minimum Gasteiger partial charge on any atom is -0.393 e. The first-order valence-electron chi connectivity index (χ1n) is 13.0. The molecule has 1 nitrogen and oxygen atoms in total. The monoisotopic (exact) mass is 382 g/mol. The van der Waals surface area contributed by atoms with Crippen LogP contribution in [0.1, 0.15) is 162 Å². The van der Waals surface area contributed by atoms with Gasteiger partial charge in [0.15, 0.2) is 0 Å². The van der Waals surface area contributed by atoms with Crippen molar-refractivity contribution in [3.8, 4) is 0 Å². The van der Waals surface area contributed by atoms with Gasteiger partial charge in [-0.05, 0) is 12.8 Å². The Balaban J connectivity index is 3.12. The van der Waals surface area contributed by atoms with Gasteiger partial charge in [-0.25, -0.2) is 0 Å². The number of hydrogen-bond acceptors (Lipinski definition) is 1. The van der Waals surface area contributed by atoms with Crippen molar-refractivity contribution in [3.05, 3.63) is 0 Å². The van der Waals surface area contributed by atoms with E-state index in [0.717, 1.165) is 12.8 Å². The van der Waals surface area contributed by atoms with E-state index in [1.165, 1.54) is 135 Å². The fraction of sp³-hybridized carbons (Fsp3) is 1.00. The first-order chi connectivity index (χ1) is 13.3. The minimum absolute atomic E-state index is 0.0299. The van der Waals surface area contributed by atoms with Gasteiger partial charge in [0, 0.05) is 0 Å². The molecule has 27 heavy (non-hydrogen) atoms. The molecule has 0 aromatic carbocycles. The van der Waals surface area contributed by atoms with E-state index in [-0.39, 0.29) is 6.10 Å². The van der Waals surface area contributed by atoms with E-state index in [9.17, 15) is 5.11 Å². The summed E-state index contributed by atoms with van der Waals surface area (Å²) in [5.74, 6) is 0. The lowest BCUT2D eigenvalue weighted by molar-refractivity contribution is 0.147. The Morgan fingerprint density at radius 1 is 0.370 bits per heavy atom. The number of hydrogen-bond donors (Lipinski definition) is 1. The Labute approximate surface area is 173 Å². The van der Waals surface area contributed by atoms with Crippen molar-refractivity contribution >= 4 is 0 Å². The maximum absolute atomic E-state index is 10.1. The van der Waals surface area contributed by atoms with Crippen LogP contribution in [-0.4, -0.2) is 11.2 Å². The average Bonchev–Trinajstić information content (AvgIpc) is 2.67. The van der Waals surface area contributed by atoms with Crippen LogP contribution >= 0.6 is 0 Å². The molecule has 0 fully saturated rings. The average molecular weight is 383 g/mol. The predicted molar refractivity (Wildman–Crippen MR) is 124 cm³/mol. The minimum atomic E-state index is -0.0299. The number of aliphatic hydroxyl groups excluding tert-OH is 1. The fourth-order valence-corrected chi connectivity index (χ4v) is 4.06. The third-order valence-electron chi connectivity index (χ3n) is 6.03. The molecule has 0 aromatic rings. The zero-order chi connectivity index (χ0) is 19.8. The van der Waals surface area contributed by atoms with E-state index in [1.807, 2.05) is 0 Å². The van der Waals surface area contributed by atoms with Crippen molar-refractivity contribution in [1.82, 2.24) is 0 Å². The van der Waals surface area contributed by atoms with Crippen LogP contribution in [0, 0.1) is 0 Å². The molecule has 0 heterocycles. The fourth-order valence-electron chi connectivity index (χ4n) is 4.06. The standard InChI is InChI=1S/C26H54O/c1-3-5-7-9-11-13-14-15-17-19-21-23-25-26(27)24-22-20-18-16-12-10-8-6-4-2/h26-27H,3-25H2,1-2H3/t26-/m0/s1. The summed E-state index contributed by atoms with van der Waals surface area (Å²) in [7, 11) is 0. The molecule has 0 bridgehead atoms. The van der Waals surface area contributed by atoms with E-state index in [0.29, 0.717) is 0 Å². The van der Waals surface area contributed by atoms with Crippen molar-refractivity contribution in [2.24, 2.45) is 0 Å². The zero-order valence-corrected chi connectivity index (χ0v) is 19.3. The quantitative estimate of drug-likeness (QED) is 0.174. The van der Waals surface area contributed by atoms with Crippen molar-refractivity contribution in [1.29, 1.82) is 0 Å². The largest absolute Gasteiger partial charge is 0.393 e. The Kier molecular flexibility index (Phi) is 24.0. The van der Waals surface area contributed by atoms with Gasteiger partial charge in [-0.2, -0.15) is 0 Å². The molecule has 0 amide bonds. The number of unbranched alkanes of at least 4 members (excludes halogenated alkanes) is 19. The first kappa shape index (κ1) is 27.0. The Morgan fingerprint density at radius 2 is 0.593 bits per heavy atom. The van der Waals surface area contributed by atoms with Crippen LogP contribution in [0.15, 0.2) is 0 Å². The molecule has 0 unspecified atom stereocenters. The van der Waals surface area contributed by atoms with Gasteiger partial charge < -0.3 is 5.11 Å². The highest BCUT2D eigenvalue weighted by atomic mass is 16.3. The molecular formula is C26H54O. The Bertz CT molecular complexity index is 251. The number of aliphatic hydroxyl groups is 1. The second kappa shape index (κ2) is 24.0.